The van der Waals surface area contributed by atoms with Gasteiger partial charge in [-0.1, -0.05) is 54.6 Å². The first-order chi connectivity index (χ1) is 12.2. The summed E-state index contributed by atoms with van der Waals surface area (Å²) in [5, 5.41) is 4.42. The third kappa shape index (κ3) is 4.81. The molecule has 0 saturated heterocycles. The topological polar surface area (TPSA) is 54.4 Å². The van der Waals surface area contributed by atoms with E-state index in [-0.39, 0.29) is 11.2 Å². The van der Waals surface area contributed by atoms with Crippen LogP contribution in [0.2, 0.25) is 5.02 Å². The van der Waals surface area contributed by atoms with E-state index in [9.17, 15) is 4.79 Å². The number of amides is 1. The van der Waals surface area contributed by atoms with Crippen molar-refractivity contribution in [2.75, 3.05) is 0 Å². The van der Waals surface area contributed by atoms with E-state index < -0.39 is 0 Å². The SMILES string of the molecule is CC[C@H](Sc1nc2ccccc2s1)C(=O)NN=Cc1cccc(Cl)c1. The number of hydrazone groups is 1. The van der Waals surface area contributed by atoms with E-state index in [1.54, 1.807) is 29.7 Å². The first-order valence-electron chi connectivity index (χ1n) is 7.76. The molecular weight excluding hydrogens is 374 g/mol. The molecule has 1 aromatic heterocycles. The molecule has 0 aliphatic rings. The Bertz CT molecular complexity index is 877. The number of thioether (sulfide) groups is 1. The Hall–Kier alpha value is -1.89. The van der Waals surface area contributed by atoms with Gasteiger partial charge in [-0.05, 0) is 36.2 Å². The van der Waals surface area contributed by atoms with Crippen molar-refractivity contribution in [2.45, 2.75) is 22.9 Å². The largest absolute Gasteiger partial charge is 0.272 e. The molecule has 0 saturated carbocycles. The fraction of sp³-hybridized carbons (Fsp3) is 0.167. The number of halogens is 1. The summed E-state index contributed by atoms with van der Waals surface area (Å²) < 4.78 is 2.02. The summed E-state index contributed by atoms with van der Waals surface area (Å²) in [5.41, 5.74) is 4.39. The van der Waals surface area contributed by atoms with Gasteiger partial charge >= 0.3 is 0 Å². The summed E-state index contributed by atoms with van der Waals surface area (Å²) in [6.07, 6.45) is 2.28. The lowest BCUT2D eigenvalue weighted by atomic mass is 10.2. The average molecular weight is 390 g/mol. The van der Waals surface area contributed by atoms with E-state index >= 15 is 0 Å². The van der Waals surface area contributed by atoms with E-state index in [1.807, 2.05) is 43.3 Å². The van der Waals surface area contributed by atoms with Crippen molar-refractivity contribution in [1.82, 2.24) is 10.4 Å². The number of nitrogens with one attached hydrogen (secondary N) is 1. The minimum Gasteiger partial charge on any atom is -0.272 e. The maximum absolute atomic E-state index is 12.4. The monoisotopic (exact) mass is 389 g/mol. The van der Waals surface area contributed by atoms with Gasteiger partial charge in [-0.25, -0.2) is 10.4 Å². The molecule has 0 bridgehead atoms. The maximum Gasteiger partial charge on any atom is 0.253 e. The molecule has 4 nitrogen and oxygen atoms in total. The van der Waals surface area contributed by atoms with Gasteiger partial charge in [0.05, 0.1) is 21.7 Å². The smallest absolute Gasteiger partial charge is 0.253 e. The number of hydrogen-bond donors (Lipinski definition) is 1. The summed E-state index contributed by atoms with van der Waals surface area (Å²) in [7, 11) is 0. The van der Waals surface area contributed by atoms with Gasteiger partial charge in [-0.2, -0.15) is 5.10 Å². The highest BCUT2D eigenvalue weighted by Gasteiger charge is 2.19. The van der Waals surface area contributed by atoms with Crippen LogP contribution in [0.4, 0.5) is 0 Å². The summed E-state index contributed by atoms with van der Waals surface area (Å²) in [4.78, 5) is 16.9. The molecule has 0 unspecified atom stereocenters. The Morgan fingerprint density at radius 1 is 1.36 bits per heavy atom. The number of benzene rings is 2. The van der Waals surface area contributed by atoms with E-state index in [2.05, 4.69) is 15.5 Å². The van der Waals surface area contributed by atoms with Gasteiger partial charge in [0, 0.05) is 5.02 Å². The zero-order valence-electron chi connectivity index (χ0n) is 13.5. The van der Waals surface area contributed by atoms with Gasteiger partial charge < -0.3 is 0 Å². The molecule has 2 aromatic carbocycles. The highest BCUT2D eigenvalue weighted by molar-refractivity contribution is 8.02. The van der Waals surface area contributed by atoms with Crippen molar-refractivity contribution >= 4 is 57.0 Å². The van der Waals surface area contributed by atoms with Crippen molar-refractivity contribution in [2.24, 2.45) is 5.10 Å². The molecule has 3 rings (SSSR count). The fourth-order valence-electron chi connectivity index (χ4n) is 2.17. The van der Waals surface area contributed by atoms with Gasteiger partial charge in [0.15, 0.2) is 4.34 Å². The van der Waals surface area contributed by atoms with E-state index in [4.69, 9.17) is 11.6 Å². The number of rotatable bonds is 6. The number of para-hydroxylation sites is 1. The number of nitrogens with zero attached hydrogens (tertiary/aromatic N) is 2. The molecule has 25 heavy (non-hydrogen) atoms. The van der Waals surface area contributed by atoms with Crippen LogP contribution in [-0.2, 0) is 4.79 Å². The normalized spacial score (nSPS) is 12.6. The van der Waals surface area contributed by atoms with Gasteiger partial charge in [0.25, 0.3) is 5.91 Å². The highest BCUT2D eigenvalue weighted by atomic mass is 35.5. The van der Waals surface area contributed by atoms with E-state index in [0.29, 0.717) is 11.4 Å². The van der Waals surface area contributed by atoms with Gasteiger partial charge in [-0.15, -0.1) is 11.3 Å². The minimum atomic E-state index is -0.239. The Balaban J connectivity index is 1.62. The molecule has 1 heterocycles. The molecule has 3 aromatic rings. The second-order valence-corrected chi connectivity index (χ2v) is 8.17. The van der Waals surface area contributed by atoms with E-state index in [1.165, 1.54) is 11.8 Å². The van der Waals surface area contributed by atoms with Crippen molar-refractivity contribution in [3.8, 4) is 0 Å². The third-order valence-corrected chi connectivity index (χ3v) is 6.15. The van der Waals surface area contributed by atoms with Crippen molar-refractivity contribution in [3.05, 3.63) is 59.1 Å². The maximum atomic E-state index is 12.4. The Labute approximate surface area is 159 Å². The quantitative estimate of drug-likeness (QED) is 0.368. The van der Waals surface area contributed by atoms with Gasteiger partial charge in [0.2, 0.25) is 0 Å². The standard InChI is InChI=1S/C18H16ClN3OS2/c1-2-15(24-18-21-14-8-3-4-9-16(14)25-18)17(23)22-20-11-12-6-5-7-13(19)10-12/h3-11,15H,2H2,1H3,(H,22,23)/t15-/m0/s1. The number of fused-ring (bicyclic) bond motifs is 1. The summed E-state index contributed by atoms with van der Waals surface area (Å²) in [5.74, 6) is -0.134. The molecule has 7 heteroatoms. The van der Waals surface area contributed by atoms with Crippen LogP contribution < -0.4 is 5.43 Å². The number of hydrogen-bond acceptors (Lipinski definition) is 5. The zero-order valence-corrected chi connectivity index (χ0v) is 15.9. The molecule has 0 spiro atoms. The molecule has 1 atom stereocenters. The number of carbonyl (C=O) groups excluding carboxylic acids is 1. The average Bonchev–Trinajstić information content (AvgIpc) is 3.02. The molecule has 1 N–H and O–H groups in total. The summed E-state index contributed by atoms with van der Waals surface area (Å²) in [6.45, 7) is 1.98. The Morgan fingerprint density at radius 2 is 2.20 bits per heavy atom. The Morgan fingerprint density at radius 3 is 2.96 bits per heavy atom. The molecule has 128 valence electrons. The third-order valence-electron chi connectivity index (χ3n) is 3.42. The van der Waals surface area contributed by atoms with Gasteiger partial charge in [0.1, 0.15) is 0 Å². The van der Waals surface area contributed by atoms with Crippen LogP contribution in [0.1, 0.15) is 18.9 Å². The van der Waals surface area contributed by atoms with Crippen molar-refractivity contribution in [3.63, 3.8) is 0 Å². The van der Waals surface area contributed by atoms with Crippen LogP contribution in [0.3, 0.4) is 0 Å². The van der Waals surface area contributed by atoms with E-state index in [0.717, 1.165) is 20.1 Å². The second-order valence-electron chi connectivity index (χ2n) is 5.25. The second kappa shape index (κ2) is 8.47. The highest BCUT2D eigenvalue weighted by Crippen LogP contribution is 2.33. The molecule has 1 amide bonds. The first kappa shape index (κ1) is 17.9. The molecule has 0 aliphatic carbocycles. The number of aromatic nitrogens is 1. The summed E-state index contributed by atoms with van der Waals surface area (Å²) >= 11 is 9.00. The Kier molecular flexibility index (Phi) is 6.07. The van der Waals surface area contributed by atoms with Crippen molar-refractivity contribution in [1.29, 1.82) is 0 Å². The molecule has 0 aliphatic heterocycles. The zero-order chi connectivity index (χ0) is 17.6. The van der Waals surface area contributed by atoms with Crippen molar-refractivity contribution < 1.29 is 4.79 Å². The summed E-state index contributed by atoms with van der Waals surface area (Å²) in [6, 6.07) is 15.2. The molecule has 0 fully saturated rings. The van der Waals surface area contributed by atoms with Crippen LogP contribution >= 0.6 is 34.7 Å². The predicted octanol–water partition coefficient (Wildman–Crippen LogP) is 4.97. The molecule has 0 radical (unpaired) electrons. The number of thiazole rings is 1. The predicted molar refractivity (Wildman–Crippen MR) is 107 cm³/mol. The number of carbonyl (C=O) groups is 1. The van der Waals surface area contributed by atoms with Crippen LogP contribution in [0.5, 0.6) is 0 Å². The first-order valence-corrected chi connectivity index (χ1v) is 9.84. The molecular formula is C18H16ClN3OS2. The van der Waals surface area contributed by atoms with Crippen LogP contribution in [-0.4, -0.2) is 22.4 Å². The van der Waals surface area contributed by atoms with Crippen LogP contribution in [0.25, 0.3) is 10.2 Å². The lowest BCUT2D eigenvalue weighted by Gasteiger charge is -2.10. The van der Waals surface area contributed by atoms with Gasteiger partial charge in [-0.3, -0.25) is 4.79 Å². The fourth-order valence-corrected chi connectivity index (χ4v) is 4.60. The van der Waals surface area contributed by atoms with Crippen LogP contribution in [0.15, 0.2) is 58.0 Å². The van der Waals surface area contributed by atoms with Crippen LogP contribution in [0, 0.1) is 0 Å². The lowest BCUT2D eigenvalue weighted by Crippen LogP contribution is -2.28. The minimum absolute atomic E-state index is 0.134. The lowest BCUT2D eigenvalue weighted by molar-refractivity contribution is -0.120.